The molecule has 1 N–H and O–H groups in total. The Labute approximate surface area is 195 Å². The SMILES string of the molecule is O=C(Nc1ccc(F)c(Oc2ccc3ncc(N4CCCC4)nc3c2)c1)c1cccc(Cl)c1. The standard InChI is InChI=1S/C25H20ClFN4O2/c26-17-5-3-4-16(12-17)25(32)29-18-6-8-20(27)23(13-18)33-19-7-9-21-22(14-19)30-24(15-28-21)31-10-1-2-11-31/h3-9,12-15H,1-2,10-11H2,(H,29,32). The van der Waals surface area contributed by atoms with E-state index in [0.717, 1.165) is 37.3 Å². The molecule has 0 radical (unpaired) electrons. The van der Waals surface area contributed by atoms with Crippen molar-refractivity contribution in [2.24, 2.45) is 0 Å². The largest absolute Gasteiger partial charge is 0.454 e. The van der Waals surface area contributed by atoms with Gasteiger partial charge in [0.05, 0.1) is 17.2 Å². The maximum Gasteiger partial charge on any atom is 0.255 e. The molecule has 1 aliphatic rings. The number of carbonyl (C=O) groups is 1. The highest BCUT2D eigenvalue weighted by atomic mass is 35.5. The van der Waals surface area contributed by atoms with Crippen LogP contribution in [0.2, 0.25) is 5.02 Å². The van der Waals surface area contributed by atoms with Gasteiger partial charge in [0.1, 0.15) is 11.6 Å². The summed E-state index contributed by atoms with van der Waals surface area (Å²) in [6, 6.07) is 16.0. The van der Waals surface area contributed by atoms with Gasteiger partial charge in [0.2, 0.25) is 0 Å². The maximum absolute atomic E-state index is 14.5. The van der Waals surface area contributed by atoms with Crippen molar-refractivity contribution < 1.29 is 13.9 Å². The maximum atomic E-state index is 14.5. The Balaban J connectivity index is 1.37. The average Bonchev–Trinajstić information content (AvgIpc) is 3.36. The van der Waals surface area contributed by atoms with Gasteiger partial charge in [-0.05, 0) is 55.3 Å². The van der Waals surface area contributed by atoms with Gasteiger partial charge in [-0.25, -0.2) is 9.37 Å². The zero-order chi connectivity index (χ0) is 22.8. The number of hydrogen-bond donors (Lipinski definition) is 1. The predicted molar refractivity (Wildman–Crippen MR) is 127 cm³/mol. The minimum atomic E-state index is -0.548. The molecule has 1 fully saturated rings. The topological polar surface area (TPSA) is 67.3 Å². The molecule has 3 aromatic carbocycles. The Hall–Kier alpha value is -3.71. The first kappa shape index (κ1) is 21.2. The van der Waals surface area contributed by atoms with Gasteiger partial charge >= 0.3 is 0 Å². The third-order valence-electron chi connectivity index (χ3n) is 5.43. The Kier molecular flexibility index (Phi) is 5.79. The summed E-state index contributed by atoms with van der Waals surface area (Å²) >= 11 is 5.95. The Bertz CT molecular complexity index is 1340. The van der Waals surface area contributed by atoms with Crippen LogP contribution in [-0.2, 0) is 0 Å². The summed E-state index contributed by atoms with van der Waals surface area (Å²) in [7, 11) is 0. The van der Waals surface area contributed by atoms with E-state index in [0.29, 0.717) is 27.5 Å². The molecule has 0 unspecified atom stereocenters. The molecule has 2 heterocycles. The van der Waals surface area contributed by atoms with Gasteiger partial charge in [-0.3, -0.25) is 9.78 Å². The Morgan fingerprint density at radius 1 is 1.03 bits per heavy atom. The number of hydrogen-bond acceptors (Lipinski definition) is 5. The third kappa shape index (κ3) is 4.73. The Morgan fingerprint density at radius 3 is 2.70 bits per heavy atom. The number of nitrogens with zero attached hydrogens (tertiary/aromatic N) is 3. The molecule has 6 nitrogen and oxygen atoms in total. The highest BCUT2D eigenvalue weighted by Crippen LogP contribution is 2.30. The zero-order valence-corrected chi connectivity index (χ0v) is 18.3. The average molecular weight is 463 g/mol. The van der Waals surface area contributed by atoms with Gasteiger partial charge < -0.3 is 15.0 Å². The molecule has 1 aliphatic heterocycles. The molecule has 0 aliphatic carbocycles. The van der Waals surface area contributed by atoms with Gasteiger partial charge in [-0.2, -0.15) is 0 Å². The summed E-state index contributed by atoms with van der Waals surface area (Å²) in [5, 5.41) is 3.19. The fourth-order valence-corrected chi connectivity index (χ4v) is 3.95. The van der Waals surface area contributed by atoms with E-state index in [1.54, 1.807) is 48.7 Å². The fourth-order valence-electron chi connectivity index (χ4n) is 3.76. The first-order valence-electron chi connectivity index (χ1n) is 10.6. The monoisotopic (exact) mass is 462 g/mol. The third-order valence-corrected chi connectivity index (χ3v) is 5.67. The summed E-state index contributed by atoms with van der Waals surface area (Å²) in [5.41, 5.74) is 2.19. The number of aromatic nitrogens is 2. The van der Waals surface area contributed by atoms with Gasteiger partial charge in [0, 0.05) is 41.5 Å². The predicted octanol–water partition coefficient (Wildman–Crippen LogP) is 6.07. The van der Waals surface area contributed by atoms with Crippen LogP contribution in [0.1, 0.15) is 23.2 Å². The second-order valence-corrected chi connectivity index (χ2v) is 8.22. The van der Waals surface area contributed by atoms with Crippen molar-refractivity contribution in [3.63, 3.8) is 0 Å². The van der Waals surface area contributed by atoms with E-state index >= 15 is 0 Å². The molecule has 1 amide bonds. The lowest BCUT2D eigenvalue weighted by atomic mass is 10.2. The molecule has 0 saturated carbocycles. The van der Waals surface area contributed by atoms with Crippen LogP contribution in [0.3, 0.4) is 0 Å². The number of nitrogens with one attached hydrogen (secondary N) is 1. The van der Waals surface area contributed by atoms with Crippen molar-refractivity contribution >= 4 is 40.0 Å². The summed E-state index contributed by atoms with van der Waals surface area (Å²) in [6.07, 6.45) is 4.07. The van der Waals surface area contributed by atoms with Crippen molar-refractivity contribution in [2.75, 3.05) is 23.3 Å². The molecule has 0 atom stereocenters. The fraction of sp³-hybridized carbons (Fsp3) is 0.160. The van der Waals surface area contributed by atoms with Crippen LogP contribution in [0, 0.1) is 5.82 Å². The quantitative estimate of drug-likeness (QED) is 0.390. The number of amides is 1. The molecule has 166 valence electrons. The summed E-state index contributed by atoms with van der Waals surface area (Å²) in [4.78, 5) is 23.9. The number of carbonyl (C=O) groups excluding carboxylic acids is 1. The molecular weight excluding hydrogens is 443 g/mol. The van der Waals surface area contributed by atoms with E-state index < -0.39 is 5.82 Å². The molecule has 0 bridgehead atoms. The number of fused-ring (bicyclic) bond motifs is 1. The van der Waals surface area contributed by atoms with E-state index in [-0.39, 0.29) is 11.7 Å². The van der Waals surface area contributed by atoms with E-state index in [4.69, 9.17) is 21.3 Å². The summed E-state index contributed by atoms with van der Waals surface area (Å²) < 4.78 is 20.3. The minimum Gasteiger partial charge on any atom is -0.454 e. The molecule has 33 heavy (non-hydrogen) atoms. The highest BCUT2D eigenvalue weighted by Gasteiger charge is 2.15. The summed E-state index contributed by atoms with van der Waals surface area (Å²) in [5.74, 6) is 0.335. The highest BCUT2D eigenvalue weighted by molar-refractivity contribution is 6.31. The molecule has 0 spiro atoms. The number of ether oxygens (including phenoxy) is 1. The van der Waals surface area contributed by atoms with Crippen LogP contribution in [0.4, 0.5) is 15.9 Å². The number of rotatable bonds is 5. The van der Waals surface area contributed by atoms with Gasteiger partial charge in [-0.15, -0.1) is 0 Å². The number of anilines is 2. The molecule has 4 aromatic rings. The van der Waals surface area contributed by atoms with E-state index in [2.05, 4.69) is 15.2 Å². The number of benzene rings is 3. The lowest BCUT2D eigenvalue weighted by Gasteiger charge is -2.16. The molecule has 8 heteroatoms. The first-order chi connectivity index (χ1) is 16.0. The van der Waals surface area contributed by atoms with Crippen molar-refractivity contribution in [3.05, 3.63) is 83.3 Å². The van der Waals surface area contributed by atoms with Crippen molar-refractivity contribution in [1.82, 2.24) is 9.97 Å². The lowest BCUT2D eigenvalue weighted by Crippen LogP contribution is -2.19. The van der Waals surface area contributed by atoms with Gasteiger partial charge in [0.15, 0.2) is 11.6 Å². The molecule has 5 rings (SSSR count). The van der Waals surface area contributed by atoms with Crippen LogP contribution < -0.4 is 15.0 Å². The van der Waals surface area contributed by atoms with Crippen molar-refractivity contribution in [3.8, 4) is 11.5 Å². The van der Waals surface area contributed by atoms with Crippen molar-refractivity contribution in [2.45, 2.75) is 12.8 Å². The van der Waals surface area contributed by atoms with Crippen molar-refractivity contribution in [1.29, 1.82) is 0 Å². The molecular formula is C25H20ClFN4O2. The smallest absolute Gasteiger partial charge is 0.255 e. The zero-order valence-electron chi connectivity index (χ0n) is 17.6. The van der Waals surface area contributed by atoms with Gasteiger partial charge in [-0.1, -0.05) is 17.7 Å². The molecule has 1 saturated heterocycles. The van der Waals surface area contributed by atoms with E-state index in [1.807, 2.05) is 0 Å². The van der Waals surface area contributed by atoms with E-state index in [9.17, 15) is 9.18 Å². The van der Waals surface area contributed by atoms with Crippen LogP contribution in [0.15, 0.2) is 66.9 Å². The minimum absolute atomic E-state index is 0.0121. The van der Waals surface area contributed by atoms with Crippen LogP contribution in [0.5, 0.6) is 11.5 Å². The Morgan fingerprint density at radius 2 is 1.88 bits per heavy atom. The number of halogens is 2. The second-order valence-electron chi connectivity index (χ2n) is 7.78. The lowest BCUT2D eigenvalue weighted by molar-refractivity contribution is 0.102. The van der Waals surface area contributed by atoms with Gasteiger partial charge in [0.25, 0.3) is 5.91 Å². The molecule has 1 aromatic heterocycles. The normalized spacial score (nSPS) is 13.3. The first-order valence-corrected chi connectivity index (χ1v) is 11.0. The van der Waals surface area contributed by atoms with Crippen LogP contribution in [0.25, 0.3) is 11.0 Å². The van der Waals surface area contributed by atoms with Crippen LogP contribution >= 0.6 is 11.6 Å². The summed E-state index contributed by atoms with van der Waals surface area (Å²) in [6.45, 7) is 1.94. The second kappa shape index (κ2) is 9.03. The van der Waals surface area contributed by atoms with E-state index in [1.165, 1.54) is 18.2 Å². The van der Waals surface area contributed by atoms with Crippen LogP contribution in [-0.4, -0.2) is 29.0 Å².